The van der Waals surface area contributed by atoms with Gasteiger partial charge in [-0.3, -0.25) is 4.79 Å². The van der Waals surface area contributed by atoms with Crippen molar-refractivity contribution in [2.45, 2.75) is 6.92 Å². The summed E-state index contributed by atoms with van der Waals surface area (Å²) in [6.07, 6.45) is 1.54. The molecule has 0 saturated heterocycles. The molecule has 0 radical (unpaired) electrons. The van der Waals surface area contributed by atoms with Crippen molar-refractivity contribution in [1.82, 2.24) is 30.7 Å². The molecule has 0 spiro atoms. The van der Waals surface area contributed by atoms with Crippen LogP contribution in [0.15, 0.2) is 58.3 Å². The number of nitrogens with one attached hydrogen (secondary N) is 1. The first-order chi connectivity index (χ1) is 16.5. The fraction of sp³-hybridized carbons (Fsp3) is 0.182. The summed E-state index contributed by atoms with van der Waals surface area (Å²) < 4.78 is 11.6. The summed E-state index contributed by atoms with van der Waals surface area (Å²) in [5.74, 6) is 0.148. The first-order valence-corrected chi connectivity index (χ1v) is 10.4. The van der Waals surface area contributed by atoms with Crippen molar-refractivity contribution in [1.29, 1.82) is 0 Å². The van der Waals surface area contributed by atoms with E-state index in [-0.39, 0.29) is 17.3 Å². The van der Waals surface area contributed by atoms with Crippen molar-refractivity contribution in [3.63, 3.8) is 0 Å². The van der Waals surface area contributed by atoms with E-state index in [4.69, 9.17) is 15.1 Å². The fourth-order valence-electron chi connectivity index (χ4n) is 3.16. The number of hydrogen-bond donors (Lipinski definition) is 2. The van der Waals surface area contributed by atoms with Crippen LogP contribution in [-0.2, 0) is 0 Å². The molecule has 1 amide bonds. The third-order valence-corrected chi connectivity index (χ3v) is 4.79. The van der Waals surface area contributed by atoms with Crippen LogP contribution in [0.1, 0.15) is 23.0 Å². The number of benzene rings is 2. The highest BCUT2D eigenvalue weighted by atomic mass is 16.6. The van der Waals surface area contributed by atoms with Gasteiger partial charge in [0.05, 0.1) is 12.8 Å². The van der Waals surface area contributed by atoms with Gasteiger partial charge in [0.25, 0.3) is 5.91 Å². The summed E-state index contributed by atoms with van der Waals surface area (Å²) in [5, 5.41) is 19.5. The van der Waals surface area contributed by atoms with Gasteiger partial charge in [-0.15, -0.1) is 5.10 Å². The van der Waals surface area contributed by atoms with E-state index < -0.39 is 5.91 Å². The van der Waals surface area contributed by atoms with Gasteiger partial charge in [-0.1, -0.05) is 29.5 Å². The lowest BCUT2D eigenvalue weighted by atomic mass is 10.1. The Hall–Kier alpha value is -4.74. The van der Waals surface area contributed by atoms with Gasteiger partial charge in [-0.25, -0.2) is 10.1 Å². The third kappa shape index (κ3) is 4.70. The van der Waals surface area contributed by atoms with Gasteiger partial charge in [0.2, 0.25) is 11.6 Å². The second kappa shape index (κ2) is 9.81. The molecular weight excluding hydrogens is 438 g/mol. The number of ether oxygens (including phenoxy) is 1. The quantitative estimate of drug-likeness (QED) is 0.297. The maximum atomic E-state index is 13.0. The van der Waals surface area contributed by atoms with Crippen LogP contribution >= 0.6 is 0 Å². The lowest BCUT2D eigenvalue weighted by Gasteiger charge is -2.11. The normalized spacial score (nSPS) is 11.0. The van der Waals surface area contributed by atoms with E-state index in [1.165, 1.54) is 10.9 Å². The molecule has 0 saturated carbocycles. The van der Waals surface area contributed by atoms with Gasteiger partial charge < -0.3 is 15.4 Å². The second-order valence-electron chi connectivity index (χ2n) is 7.32. The molecule has 12 heteroatoms. The second-order valence-corrected chi connectivity index (χ2v) is 7.32. The Labute approximate surface area is 195 Å². The minimum atomic E-state index is -0.570. The molecule has 34 heavy (non-hydrogen) atoms. The number of nitrogens with zero attached hydrogens (tertiary/aromatic N) is 7. The summed E-state index contributed by atoms with van der Waals surface area (Å²) in [6, 6.07) is 14.8. The highest BCUT2D eigenvalue weighted by molar-refractivity contribution is 5.99. The van der Waals surface area contributed by atoms with E-state index in [0.717, 1.165) is 11.3 Å². The maximum absolute atomic E-state index is 13.0. The monoisotopic (exact) mass is 461 g/mol. The predicted octanol–water partition coefficient (Wildman–Crippen LogP) is 2.13. The summed E-state index contributed by atoms with van der Waals surface area (Å²) in [4.78, 5) is 15.0. The van der Waals surface area contributed by atoms with Crippen LogP contribution in [0.2, 0.25) is 0 Å². The Morgan fingerprint density at radius 1 is 1.24 bits per heavy atom. The molecule has 0 unspecified atom stereocenters. The number of nitrogens with two attached hydrogens (primary N) is 1. The van der Waals surface area contributed by atoms with Gasteiger partial charge in [0.15, 0.2) is 5.69 Å². The molecule has 2 heterocycles. The predicted molar refractivity (Wildman–Crippen MR) is 126 cm³/mol. The molecule has 12 nitrogen and oxygen atoms in total. The van der Waals surface area contributed by atoms with Crippen molar-refractivity contribution in [3.8, 4) is 22.8 Å². The summed E-state index contributed by atoms with van der Waals surface area (Å²) in [6.45, 7) is 2.36. The average Bonchev–Trinajstić information content (AvgIpc) is 3.45. The van der Waals surface area contributed by atoms with Crippen molar-refractivity contribution in [2.24, 2.45) is 5.10 Å². The number of nitrogen functional groups attached to an aromatic ring is 1. The molecule has 4 rings (SSSR count). The van der Waals surface area contributed by atoms with Crippen LogP contribution in [0.25, 0.3) is 17.1 Å². The smallest absolute Gasteiger partial charge is 0.294 e. The number of aromatic nitrogens is 5. The lowest BCUT2D eigenvalue weighted by molar-refractivity contribution is 0.0950. The molecule has 174 valence electrons. The molecule has 0 bridgehead atoms. The number of hydrazone groups is 1. The first kappa shape index (κ1) is 22.5. The summed E-state index contributed by atoms with van der Waals surface area (Å²) in [5.41, 5.74) is 11.2. The molecule has 0 aliphatic heterocycles. The molecule has 2 aromatic carbocycles. The van der Waals surface area contributed by atoms with E-state index in [9.17, 15) is 4.79 Å². The van der Waals surface area contributed by atoms with Crippen LogP contribution in [0.3, 0.4) is 0 Å². The van der Waals surface area contributed by atoms with E-state index in [1.54, 1.807) is 24.3 Å². The van der Waals surface area contributed by atoms with Gasteiger partial charge >= 0.3 is 0 Å². The molecule has 0 aliphatic rings. The molecule has 0 aliphatic carbocycles. The SMILES string of the molecule is CCOc1cccc(-c2c(C(=O)N/N=C\c3ccc(N(C)C)cc3)nnn2-c2nonc2N)c1. The summed E-state index contributed by atoms with van der Waals surface area (Å²) >= 11 is 0. The van der Waals surface area contributed by atoms with Crippen LogP contribution in [0.5, 0.6) is 5.75 Å². The number of carbonyl (C=O) groups excluding carboxylic acids is 1. The van der Waals surface area contributed by atoms with E-state index in [1.807, 2.05) is 50.2 Å². The average molecular weight is 461 g/mol. The van der Waals surface area contributed by atoms with Crippen molar-refractivity contribution >= 4 is 23.6 Å². The Kier molecular flexibility index (Phi) is 6.48. The van der Waals surface area contributed by atoms with Crippen molar-refractivity contribution in [3.05, 3.63) is 59.8 Å². The minimum Gasteiger partial charge on any atom is -0.494 e. The largest absolute Gasteiger partial charge is 0.494 e. The first-order valence-electron chi connectivity index (χ1n) is 10.4. The van der Waals surface area contributed by atoms with Crippen LogP contribution < -0.4 is 20.8 Å². The fourth-order valence-corrected chi connectivity index (χ4v) is 3.16. The van der Waals surface area contributed by atoms with Crippen LogP contribution in [0.4, 0.5) is 11.5 Å². The number of carbonyl (C=O) groups is 1. The zero-order valence-electron chi connectivity index (χ0n) is 18.8. The van der Waals surface area contributed by atoms with Gasteiger partial charge in [0.1, 0.15) is 11.4 Å². The zero-order valence-corrected chi connectivity index (χ0v) is 18.8. The highest BCUT2D eigenvalue weighted by Crippen LogP contribution is 2.29. The Morgan fingerprint density at radius 2 is 2.03 bits per heavy atom. The number of hydrogen-bond acceptors (Lipinski definition) is 10. The Balaban J connectivity index is 1.65. The number of anilines is 2. The standard InChI is InChI=1S/C22H23N9O3/c1-4-33-17-7-5-6-15(12-17)19-18(25-29-31(19)21-20(23)27-34-28-21)22(32)26-24-13-14-8-10-16(11-9-14)30(2)3/h5-13H,4H2,1-3H3,(H2,23,27)(H,26,32)/b24-13-. The van der Waals surface area contributed by atoms with E-state index >= 15 is 0 Å². The van der Waals surface area contributed by atoms with Crippen LogP contribution in [0, 0.1) is 0 Å². The van der Waals surface area contributed by atoms with Gasteiger partial charge in [-0.2, -0.15) is 9.78 Å². The molecular formula is C22H23N9O3. The Bertz CT molecular complexity index is 1310. The number of rotatable bonds is 8. The maximum Gasteiger partial charge on any atom is 0.294 e. The minimum absolute atomic E-state index is 0.00161. The van der Waals surface area contributed by atoms with Gasteiger partial charge in [0, 0.05) is 25.3 Å². The molecule has 4 aromatic rings. The molecule has 3 N–H and O–H groups in total. The summed E-state index contributed by atoms with van der Waals surface area (Å²) in [7, 11) is 3.92. The molecule has 0 fully saturated rings. The van der Waals surface area contributed by atoms with Crippen LogP contribution in [-0.4, -0.2) is 58.1 Å². The topological polar surface area (TPSA) is 150 Å². The zero-order chi connectivity index (χ0) is 24.1. The number of amides is 1. The van der Waals surface area contributed by atoms with Crippen molar-refractivity contribution < 1.29 is 14.2 Å². The lowest BCUT2D eigenvalue weighted by Crippen LogP contribution is -2.19. The van der Waals surface area contributed by atoms with E-state index in [0.29, 0.717) is 23.6 Å². The molecule has 0 atom stereocenters. The van der Waals surface area contributed by atoms with E-state index in [2.05, 4.69) is 31.2 Å². The molecule has 2 aromatic heterocycles. The van der Waals surface area contributed by atoms with Crippen molar-refractivity contribution in [2.75, 3.05) is 31.3 Å². The highest BCUT2D eigenvalue weighted by Gasteiger charge is 2.25. The van der Waals surface area contributed by atoms with Gasteiger partial charge in [-0.05, 0) is 47.1 Å². The Morgan fingerprint density at radius 3 is 2.71 bits per heavy atom. The third-order valence-electron chi connectivity index (χ3n) is 4.79.